The number of amides is 5. The largest absolute Gasteiger partial charge is 0.469 e. The quantitative estimate of drug-likeness (QED) is 0.207. The van der Waals surface area contributed by atoms with Gasteiger partial charge in [0.1, 0.15) is 0 Å². The Morgan fingerprint density at radius 3 is 0.887 bits per heavy atom. The molecule has 0 bridgehead atoms. The number of hydrogen-bond donors (Lipinski definition) is 0. The Bertz CT molecular complexity index is 1700. The summed E-state index contributed by atoms with van der Waals surface area (Å²) in [6, 6.07) is 0. The maximum atomic E-state index is 14.9. The number of esters is 1. The van der Waals surface area contributed by atoms with Crippen LogP contribution in [0.4, 0.5) is 0 Å². The number of likely N-dealkylation sites (tertiary alicyclic amines) is 5. The van der Waals surface area contributed by atoms with Crippen LogP contribution in [0.25, 0.3) is 0 Å². The minimum atomic E-state index is -0.834. The number of carbonyl (C=O) groups is 6. The van der Waals surface area contributed by atoms with Gasteiger partial charge in [0.2, 0.25) is 29.5 Å². The standard InChI is InChI=1S/C45H75N5O12/c1-29(2)35(51)46-19-30(14-41(46,3)24-57-8)36(52)47-20-31(15-42(47,4)25-58-9)37(53)48-21-32(16-43(48,5)26-59-10)38(54)49-22-33(17-44(49,6)27-60-11)39(55)50-23-34(40(56)62-13)18-45(50,7)28-61-12/h29-34H,14-28H2,1-13H3/t30-,31-,32-,33-,34-,41-,42-,43-,44-,45-/m0/s1. The summed E-state index contributed by atoms with van der Waals surface area (Å²) in [5.41, 5.74) is -3.83. The molecule has 0 N–H and O–H groups in total. The van der Waals surface area contributed by atoms with Crippen molar-refractivity contribution in [3.63, 3.8) is 0 Å². The molecule has 5 heterocycles. The molecule has 5 aliphatic rings. The molecule has 5 fully saturated rings. The first-order valence-corrected chi connectivity index (χ1v) is 22.1. The van der Waals surface area contributed by atoms with E-state index in [0.717, 1.165) is 0 Å². The molecule has 5 amide bonds. The molecule has 5 saturated heterocycles. The predicted octanol–water partition coefficient (Wildman–Crippen LogP) is 2.08. The number of hydrogen-bond acceptors (Lipinski definition) is 12. The van der Waals surface area contributed by atoms with Crippen LogP contribution < -0.4 is 0 Å². The highest BCUT2D eigenvalue weighted by molar-refractivity contribution is 5.89. The van der Waals surface area contributed by atoms with Crippen molar-refractivity contribution >= 4 is 35.5 Å². The van der Waals surface area contributed by atoms with E-state index in [1.807, 2.05) is 48.5 Å². The van der Waals surface area contributed by atoms with Crippen molar-refractivity contribution in [2.75, 3.05) is 108 Å². The fraction of sp³-hybridized carbons (Fsp3) is 0.867. The van der Waals surface area contributed by atoms with Gasteiger partial charge in [0, 0.05) is 74.2 Å². The Morgan fingerprint density at radius 2 is 0.645 bits per heavy atom. The van der Waals surface area contributed by atoms with Crippen molar-refractivity contribution in [3.8, 4) is 0 Å². The average Bonchev–Trinajstić information content (AvgIpc) is 4.01. The fourth-order valence-electron chi connectivity index (χ4n) is 11.9. The monoisotopic (exact) mass is 878 g/mol. The molecule has 5 rings (SSSR count). The molecule has 0 aromatic rings. The minimum absolute atomic E-state index is 0.0337. The zero-order valence-corrected chi connectivity index (χ0v) is 39.7. The Kier molecular flexibility index (Phi) is 15.2. The first-order chi connectivity index (χ1) is 29.0. The van der Waals surface area contributed by atoms with E-state index in [-0.39, 0.29) is 101 Å². The molecule has 352 valence electrons. The number of rotatable bonds is 16. The normalized spacial score (nSPS) is 36.0. The van der Waals surface area contributed by atoms with Gasteiger partial charge in [0.05, 0.1) is 97.4 Å². The van der Waals surface area contributed by atoms with Gasteiger partial charge in [-0.2, -0.15) is 0 Å². The second-order valence-corrected chi connectivity index (χ2v) is 20.6. The maximum Gasteiger partial charge on any atom is 0.310 e. The molecular formula is C45H75N5O12. The molecule has 5 aliphatic heterocycles. The summed E-state index contributed by atoms with van der Waals surface area (Å²) in [6.45, 7) is 15.5. The van der Waals surface area contributed by atoms with Crippen molar-refractivity contribution in [3.05, 3.63) is 0 Å². The van der Waals surface area contributed by atoms with E-state index in [4.69, 9.17) is 28.4 Å². The summed E-state index contributed by atoms with van der Waals surface area (Å²) in [5.74, 6) is -3.96. The summed E-state index contributed by atoms with van der Waals surface area (Å²) in [6.07, 6.45) is 1.89. The molecule has 17 nitrogen and oxygen atoms in total. The lowest BCUT2D eigenvalue weighted by molar-refractivity contribution is -0.146. The Balaban J connectivity index is 1.37. The summed E-state index contributed by atoms with van der Waals surface area (Å²) >= 11 is 0. The van der Waals surface area contributed by atoms with Crippen molar-refractivity contribution < 1.29 is 57.2 Å². The van der Waals surface area contributed by atoms with Crippen LogP contribution in [0.1, 0.15) is 80.6 Å². The smallest absolute Gasteiger partial charge is 0.310 e. The van der Waals surface area contributed by atoms with Gasteiger partial charge in [0.15, 0.2) is 0 Å². The Morgan fingerprint density at radius 1 is 0.419 bits per heavy atom. The molecule has 17 heteroatoms. The van der Waals surface area contributed by atoms with Crippen LogP contribution in [0.15, 0.2) is 0 Å². The molecular weight excluding hydrogens is 803 g/mol. The second kappa shape index (κ2) is 19.0. The molecule has 0 saturated carbocycles. The zero-order valence-electron chi connectivity index (χ0n) is 39.7. The molecule has 0 aromatic carbocycles. The molecule has 62 heavy (non-hydrogen) atoms. The predicted molar refractivity (Wildman–Crippen MR) is 227 cm³/mol. The molecule has 0 spiro atoms. The first kappa shape index (κ1) is 49.6. The van der Waals surface area contributed by atoms with Gasteiger partial charge in [-0.25, -0.2) is 0 Å². The zero-order chi connectivity index (χ0) is 46.2. The van der Waals surface area contributed by atoms with E-state index in [2.05, 4.69) is 0 Å². The number of nitrogens with zero attached hydrogens (tertiary/aromatic N) is 5. The lowest BCUT2D eigenvalue weighted by atomic mass is 9.90. The van der Waals surface area contributed by atoms with E-state index < -0.39 is 57.3 Å². The first-order valence-electron chi connectivity index (χ1n) is 22.1. The highest BCUT2D eigenvalue weighted by Crippen LogP contribution is 2.45. The van der Waals surface area contributed by atoms with E-state index in [1.165, 1.54) is 7.11 Å². The van der Waals surface area contributed by atoms with Gasteiger partial charge in [-0.15, -0.1) is 0 Å². The second-order valence-electron chi connectivity index (χ2n) is 20.6. The van der Waals surface area contributed by atoms with Crippen LogP contribution in [0, 0.1) is 35.5 Å². The summed E-state index contributed by atoms with van der Waals surface area (Å²) in [7, 11) is 9.24. The van der Waals surface area contributed by atoms with E-state index in [9.17, 15) is 28.8 Å². The van der Waals surface area contributed by atoms with Crippen molar-refractivity contribution in [1.29, 1.82) is 0 Å². The van der Waals surface area contributed by atoms with Crippen LogP contribution in [0.2, 0.25) is 0 Å². The third-order valence-electron chi connectivity index (χ3n) is 14.7. The Hall–Kier alpha value is -3.38. The summed E-state index contributed by atoms with van der Waals surface area (Å²) < 4.78 is 33.2. The Labute approximate surface area is 368 Å². The number of carbonyl (C=O) groups excluding carboxylic acids is 6. The van der Waals surface area contributed by atoms with Gasteiger partial charge < -0.3 is 52.9 Å². The van der Waals surface area contributed by atoms with Crippen molar-refractivity contribution in [2.45, 2.75) is 108 Å². The van der Waals surface area contributed by atoms with E-state index in [1.54, 1.807) is 60.0 Å². The highest BCUT2D eigenvalue weighted by atomic mass is 16.5. The van der Waals surface area contributed by atoms with Gasteiger partial charge in [-0.1, -0.05) is 13.8 Å². The maximum absolute atomic E-state index is 14.9. The third-order valence-corrected chi connectivity index (χ3v) is 14.7. The molecule has 0 aromatic heterocycles. The molecule has 0 radical (unpaired) electrons. The van der Waals surface area contributed by atoms with Crippen LogP contribution in [-0.2, 0) is 57.2 Å². The topological polar surface area (TPSA) is 174 Å². The molecule has 0 unspecified atom stereocenters. The SMILES string of the molecule is COC[C@]1(C)C[C@H](C(=O)N2C[C@@H](C(=O)N3C[C@@H](C(=O)N4C[C@@H](C(=O)N5C[C@@H](C(=O)OC)C[C@@]5(C)COC)C[C@@]4(C)COC)C[C@@]3(C)COC)C[C@@]2(C)COC)CN1C(=O)C(C)C. The summed E-state index contributed by atoms with van der Waals surface area (Å²) in [5, 5.41) is 0. The number of methoxy groups -OCH3 is 6. The van der Waals surface area contributed by atoms with Gasteiger partial charge in [0.25, 0.3) is 0 Å². The molecule has 0 aliphatic carbocycles. The van der Waals surface area contributed by atoms with Crippen LogP contribution >= 0.6 is 0 Å². The average molecular weight is 878 g/mol. The third kappa shape index (κ3) is 9.25. The van der Waals surface area contributed by atoms with Gasteiger partial charge in [-0.3, -0.25) is 28.8 Å². The lowest BCUT2D eigenvalue weighted by Crippen LogP contribution is -2.51. The summed E-state index contributed by atoms with van der Waals surface area (Å²) in [4.78, 5) is 93.7. The fourth-order valence-corrected chi connectivity index (χ4v) is 11.9. The molecule has 10 atom stereocenters. The number of ether oxygens (including phenoxy) is 6. The van der Waals surface area contributed by atoms with Crippen LogP contribution in [-0.4, -0.2) is 196 Å². The highest BCUT2D eigenvalue weighted by Gasteiger charge is 2.58. The van der Waals surface area contributed by atoms with E-state index in [0.29, 0.717) is 38.7 Å². The van der Waals surface area contributed by atoms with Crippen LogP contribution in [0.3, 0.4) is 0 Å². The van der Waals surface area contributed by atoms with E-state index >= 15 is 0 Å². The van der Waals surface area contributed by atoms with Crippen LogP contribution in [0.5, 0.6) is 0 Å². The van der Waals surface area contributed by atoms with Gasteiger partial charge >= 0.3 is 5.97 Å². The van der Waals surface area contributed by atoms with Crippen molar-refractivity contribution in [2.24, 2.45) is 35.5 Å². The minimum Gasteiger partial charge on any atom is -0.469 e. The van der Waals surface area contributed by atoms with Crippen molar-refractivity contribution in [1.82, 2.24) is 24.5 Å². The lowest BCUT2D eigenvalue weighted by Gasteiger charge is -2.36. The van der Waals surface area contributed by atoms with Gasteiger partial charge in [-0.05, 0) is 66.7 Å².